The Labute approximate surface area is 86.9 Å². The molecule has 76 valence electrons. The lowest BCUT2D eigenvalue weighted by atomic mass is 10.0. The Balaban J connectivity index is 2.59. The maximum absolute atomic E-state index is 9.58. The lowest BCUT2D eigenvalue weighted by Gasteiger charge is -2.05. The molecule has 3 nitrogen and oxygen atoms in total. The van der Waals surface area contributed by atoms with Crippen molar-refractivity contribution in [2.24, 2.45) is 0 Å². The van der Waals surface area contributed by atoms with Crippen LogP contribution in [-0.4, -0.2) is 15.3 Å². The lowest BCUT2D eigenvalue weighted by molar-refractivity contribution is 0.451. The molecule has 0 bridgehead atoms. The number of benzene rings is 2. The molecule has 0 aliphatic heterocycles. The number of phenolic OH excluding ortho intramolecular Hbond substituents is 3. The molecule has 2 aromatic rings. The molecule has 0 saturated carbocycles. The summed E-state index contributed by atoms with van der Waals surface area (Å²) in [5.41, 5.74) is 1.15. The third kappa shape index (κ3) is 1.86. The smallest absolute Gasteiger partial charge is 0.123 e. The molecule has 3 N–H and O–H groups in total. The molecule has 2 aromatic carbocycles. The molecule has 0 amide bonds. The average Bonchev–Trinajstić information content (AvgIpc) is 2.16. The van der Waals surface area contributed by atoms with Gasteiger partial charge in [0.25, 0.3) is 0 Å². The molecule has 15 heavy (non-hydrogen) atoms. The number of aromatic hydroxyl groups is 3. The molecule has 0 atom stereocenters. The van der Waals surface area contributed by atoms with Gasteiger partial charge in [-0.3, -0.25) is 0 Å². The van der Waals surface area contributed by atoms with Gasteiger partial charge in [-0.15, -0.1) is 0 Å². The molecular weight excluding hydrogens is 192 g/mol. The molecule has 0 spiro atoms. The van der Waals surface area contributed by atoms with E-state index in [1.165, 1.54) is 18.2 Å². The van der Waals surface area contributed by atoms with Gasteiger partial charge in [-0.05, 0) is 23.8 Å². The SMILES string of the molecule is Oc1cc(O)cc(-c2ccccc2O)c1. The van der Waals surface area contributed by atoms with Gasteiger partial charge in [-0.2, -0.15) is 0 Å². The van der Waals surface area contributed by atoms with E-state index in [1.807, 2.05) is 0 Å². The molecule has 0 aliphatic rings. The zero-order chi connectivity index (χ0) is 10.8. The van der Waals surface area contributed by atoms with Gasteiger partial charge in [0.1, 0.15) is 17.2 Å². The fourth-order valence-electron chi connectivity index (χ4n) is 1.47. The van der Waals surface area contributed by atoms with Gasteiger partial charge in [-0.25, -0.2) is 0 Å². The molecule has 0 radical (unpaired) electrons. The van der Waals surface area contributed by atoms with Crippen molar-refractivity contribution in [2.75, 3.05) is 0 Å². The molecule has 0 unspecified atom stereocenters. The second kappa shape index (κ2) is 3.53. The first kappa shape index (κ1) is 9.40. The van der Waals surface area contributed by atoms with Gasteiger partial charge >= 0.3 is 0 Å². The van der Waals surface area contributed by atoms with Gasteiger partial charge in [-0.1, -0.05) is 18.2 Å². The quantitative estimate of drug-likeness (QED) is 0.665. The summed E-state index contributed by atoms with van der Waals surface area (Å²) in [4.78, 5) is 0. The van der Waals surface area contributed by atoms with Gasteiger partial charge in [0.05, 0.1) is 0 Å². The second-order valence-electron chi connectivity index (χ2n) is 3.26. The highest BCUT2D eigenvalue weighted by molar-refractivity contribution is 5.72. The monoisotopic (exact) mass is 202 g/mol. The van der Waals surface area contributed by atoms with Crippen LogP contribution >= 0.6 is 0 Å². The first-order chi connectivity index (χ1) is 7.16. The number of para-hydroxylation sites is 1. The Morgan fingerprint density at radius 3 is 1.93 bits per heavy atom. The zero-order valence-corrected chi connectivity index (χ0v) is 7.88. The van der Waals surface area contributed by atoms with E-state index >= 15 is 0 Å². The lowest BCUT2D eigenvalue weighted by Crippen LogP contribution is -1.78. The predicted octanol–water partition coefficient (Wildman–Crippen LogP) is 2.47. The fourth-order valence-corrected chi connectivity index (χ4v) is 1.47. The van der Waals surface area contributed by atoms with Gasteiger partial charge in [0.2, 0.25) is 0 Å². The van der Waals surface area contributed by atoms with Crippen LogP contribution in [-0.2, 0) is 0 Å². The summed E-state index contributed by atoms with van der Waals surface area (Å²) in [5.74, 6) is 0.0454. The van der Waals surface area contributed by atoms with Crippen molar-refractivity contribution in [1.82, 2.24) is 0 Å². The highest BCUT2D eigenvalue weighted by atomic mass is 16.3. The average molecular weight is 202 g/mol. The summed E-state index contributed by atoms with van der Waals surface area (Å²) in [6.45, 7) is 0. The van der Waals surface area contributed by atoms with E-state index in [4.69, 9.17) is 0 Å². The van der Waals surface area contributed by atoms with Crippen LogP contribution < -0.4 is 0 Å². The number of hydrogen-bond acceptors (Lipinski definition) is 3. The van der Waals surface area contributed by atoms with E-state index in [1.54, 1.807) is 24.3 Å². The van der Waals surface area contributed by atoms with Gasteiger partial charge in [0, 0.05) is 11.6 Å². The van der Waals surface area contributed by atoms with Crippen LogP contribution in [0, 0.1) is 0 Å². The molecule has 0 heterocycles. The molecule has 0 aromatic heterocycles. The minimum absolute atomic E-state index is 0.0340. The summed E-state index contributed by atoms with van der Waals surface area (Å²) in [7, 11) is 0. The third-order valence-corrected chi connectivity index (χ3v) is 2.12. The maximum Gasteiger partial charge on any atom is 0.123 e. The topological polar surface area (TPSA) is 60.7 Å². The molecular formula is C12H10O3. The number of phenols is 3. The highest BCUT2D eigenvalue weighted by Gasteiger charge is 2.05. The van der Waals surface area contributed by atoms with E-state index in [2.05, 4.69) is 0 Å². The van der Waals surface area contributed by atoms with E-state index in [0.717, 1.165) is 0 Å². The van der Waals surface area contributed by atoms with Crippen LogP contribution in [0.1, 0.15) is 0 Å². The summed E-state index contributed by atoms with van der Waals surface area (Å²) in [6.07, 6.45) is 0. The first-order valence-corrected chi connectivity index (χ1v) is 4.48. The Bertz CT molecular complexity index is 472. The van der Waals surface area contributed by atoms with Crippen LogP contribution in [0.5, 0.6) is 17.2 Å². The van der Waals surface area contributed by atoms with E-state index in [0.29, 0.717) is 11.1 Å². The number of hydrogen-bond donors (Lipinski definition) is 3. The van der Waals surface area contributed by atoms with Crippen molar-refractivity contribution in [2.45, 2.75) is 0 Å². The van der Waals surface area contributed by atoms with Crippen molar-refractivity contribution in [1.29, 1.82) is 0 Å². The predicted molar refractivity (Wildman–Crippen MR) is 56.9 cm³/mol. The molecule has 0 aliphatic carbocycles. The standard InChI is InChI=1S/C12H10O3/c13-9-5-8(6-10(14)7-9)11-3-1-2-4-12(11)15/h1-7,13-15H. The van der Waals surface area contributed by atoms with Crippen LogP contribution in [0.25, 0.3) is 11.1 Å². The molecule has 0 fully saturated rings. The molecule has 0 saturated heterocycles. The Morgan fingerprint density at radius 2 is 1.33 bits per heavy atom. The second-order valence-corrected chi connectivity index (χ2v) is 3.26. The molecule has 2 rings (SSSR count). The summed E-state index contributed by atoms with van der Waals surface area (Å²) >= 11 is 0. The minimum Gasteiger partial charge on any atom is -0.508 e. The zero-order valence-electron chi connectivity index (χ0n) is 7.88. The Kier molecular flexibility index (Phi) is 2.21. The largest absolute Gasteiger partial charge is 0.508 e. The summed E-state index contributed by atoms with van der Waals surface area (Å²) < 4.78 is 0. The van der Waals surface area contributed by atoms with Crippen molar-refractivity contribution < 1.29 is 15.3 Å². The first-order valence-electron chi connectivity index (χ1n) is 4.48. The summed E-state index contributed by atoms with van der Waals surface area (Å²) in [6, 6.07) is 10.9. The van der Waals surface area contributed by atoms with Crippen molar-refractivity contribution >= 4 is 0 Å². The van der Waals surface area contributed by atoms with E-state index in [9.17, 15) is 15.3 Å². The van der Waals surface area contributed by atoms with Crippen LogP contribution in [0.4, 0.5) is 0 Å². The van der Waals surface area contributed by atoms with Crippen LogP contribution in [0.2, 0.25) is 0 Å². The Morgan fingerprint density at radius 1 is 0.733 bits per heavy atom. The molecule has 3 heteroatoms. The maximum atomic E-state index is 9.58. The van der Waals surface area contributed by atoms with Gasteiger partial charge < -0.3 is 15.3 Å². The normalized spacial score (nSPS) is 10.1. The Hall–Kier alpha value is -2.16. The third-order valence-electron chi connectivity index (χ3n) is 2.12. The van der Waals surface area contributed by atoms with Crippen LogP contribution in [0.15, 0.2) is 42.5 Å². The fraction of sp³-hybridized carbons (Fsp3) is 0. The number of rotatable bonds is 1. The van der Waals surface area contributed by atoms with Crippen molar-refractivity contribution in [3.8, 4) is 28.4 Å². The van der Waals surface area contributed by atoms with Crippen molar-refractivity contribution in [3.05, 3.63) is 42.5 Å². The van der Waals surface area contributed by atoms with Crippen LogP contribution in [0.3, 0.4) is 0 Å². The summed E-state index contributed by atoms with van der Waals surface area (Å²) in [5, 5.41) is 28.2. The van der Waals surface area contributed by atoms with E-state index in [-0.39, 0.29) is 17.2 Å². The van der Waals surface area contributed by atoms with Crippen molar-refractivity contribution in [3.63, 3.8) is 0 Å². The minimum atomic E-state index is -0.0340. The highest BCUT2D eigenvalue weighted by Crippen LogP contribution is 2.33. The van der Waals surface area contributed by atoms with E-state index < -0.39 is 0 Å². The van der Waals surface area contributed by atoms with Gasteiger partial charge in [0.15, 0.2) is 0 Å².